The number of rotatable bonds is 2. The van der Waals surface area contributed by atoms with Crippen LogP contribution >= 0.6 is 11.6 Å². The fourth-order valence-electron chi connectivity index (χ4n) is 2.39. The Balaban J connectivity index is 1.55. The lowest BCUT2D eigenvalue weighted by molar-refractivity contribution is 0.208. The Kier molecular flexibility index (Phi) is 4.47. The van der Waals surface area contributed by atoms with Gasteiger partial charge in [0.1, 0.15) is 5.82 Å². The van der Waals surface area contributed by atoms with Crippen LogP contribution in [0.1, 0.15) is 0 Å². The second-order valence-electron chi connectivity index (χ2n) is 5.19. The maximum atomic E-state index is 12.2. The van der Waals surface area contributed by atoms with Crippen LogP contribution in [0, 0.1) is 0 Å². The zero-order valence-corrected chi connectivity index (χ0v) is 13.1. The highest BCUT2D eigenvalue weighted by molar-refractivity contribution is 6.30. The standard InChI is InChI=1S/C15H16ClN5O2/c16-11-1-3-12(4-2-11)17-15(23)21-9-7-20(8-10-21)13-5-6-14(22)19-18-13/h1-6H,7-10H2,(H,17,23)(H,19,22). The van der Waals surface area contributed by atoms with Crippen molar-refractivity contribution in [2.24, 2.45) is 0 Å². The fourth-order valence-corrected chi connectivity index (χ4v) is 2.51. The Bertz CT molecular complexity index is 718. The van der Waals surface area contributed by atoms with E-state index in [1.807, 2.05) is 4.90 Å². The maximum absolute atomic E-state index is 12.2. The topological polar surface area (TPSA) is 81.3 Å². The first-order valence-corrected chi connectivity index (χ1v) is 7.62. The largest absolute Gasteiger partial charge is 0.352 e. The van der Waals surface area contributed by atoms with Gasteiger partial charge in [0.15, 0.2) is 0 Å². The molecule has 1 saturated heterocycles. The molecule has 2 heterocycles. The smallest absolute Gasteiger partial charge is 0.321 e. The van der Waals surface area contributed by atoms with Crippen molar-refractivity contribution in [3.05, 3.63) is 51.8 Å². The zero-order chi connectivity index (χ0) is 16.2. The molecule has 2 amide bonds. The number of carbonyl (C=O) groups excluding carboxylic acids is 1. The highest BCUT2D eigenvalue weighted by atomic mass is 35.5. The molecular formula is C15H16ClN5O2. The van der Waals surface area contributed by atoms with Crippen LogP contribution in [0.5, 0.6) is 0 Å². The molecule has 8 heteroatoms. The van der Waals surface area contributed by atoms with E-state index in [1.54, 1.807) is 35.2 Å². The number of aromatic nitrogens is 2. The third-order valence-corrected chi connectivity index (χ3v) is 3.90. The van der Waals surface area contributed by atoms with E-state index in [0.29, 0.717) is 42.7 Å². The molecule has 1 aromatic carbocycles. The van der Waals surface area contributed by atoms with Crippen molar-refractivity contribution in [1.29, 1.82) is 0 Å². The van der Waals surface area contributed by atoms with Gasteiger partial charge in [0, 0.05) is 43.0 Å². The molecule has 0 atom stereocenters. The normalized spacial score (nSPS) is 14.7. The lowest BCUT2D eigenvalue weighted by Crippen LogP contribution is -2.50. The molecule has 1 fully saturated rings. The lowest BCUT2D eigenvalue weighted by atomic mass is 10.3. The summed E-state index contributed by atoms with van der Waals surface area (Å²) >= 11 is 5.82. The minimum Gasteiger partial charge on any atom is -0.352 e. The molecule has 1 aromatic heterocycles. The van der Waals surface area contributed by atoms with E-state index in [4.69, 9.17) is 11.6 Å². The number of anilines is 2. The van der Waals surface area contributed by atoms with Gasteiger partial charge in [-0.2, -0.15) is 5.10 Å². The molecule has 2 N–H and O–H groups in total. The van der Waals surface area contributed by atoms with Crippen molar-refractivity contribution in [2.75, 3.05) is 36.4 Å². The van der Waals surface area contributed by atoms with Crippen molar-refractivity contribution in [1.82, 2.24) is 15.1 Å². The Morgan fingerprint density at radius 2 is 1.78 bits per heavy atom. The molecule has 1 aliphatic rings. The summed E-state index contributed by atoms with van der Waals surface area (Å²) in [5.74, 6) is 0.711. The molecule has 0 spiro atoms. The SMILES string of the molecule is O=C(Nc1ccc(Cl)cc1)N1CCN(c2ccc(=O)[nH]n2)CC1. The minimum atomic E-state index is -0.227. The summed E-state index contributed by atoms with van der Waals surface area (Å²) in [6, 6.07) is 9.99. The first kappa shape index (κ1) is 15.4. The quantitative estimate of drug-likeness (QED) is 0.877. The summed E-state index contributed by atoms with van der Waals surface area (Å²) in [4.78, 5) is 27.1. The van der Waals surface area contributed by atoms with Gasteiger partial charge in [0.25, 0.3) is 5.56 Å². The summed E-state index contributed by atoms with van der Waals surface area (Å²) in [5, 5.41) is 9.90. The van der Waals surface area contributed by atoms with Crippen molar-refractivity contribution in [2.45, 2.75) is 0 Å². The van der Waals surface area contributed by atoms with Gasteiger partial charge >= 0.3 is 6.03 Å². The second kappa shape index (κ2) is 6.70. The number of aromatic amines is 1. The van der Waals surface area contributed by atoms with Gasteiger partial charge in [-0.3, -0.25) is 4.79 Å². The van der Waals surface area contributed by atoms with Crippen LogP contribution < -0.4 is 15.8 Å². The molecule has 23 heavy (non-hydrogen) atoms. The van der Waals surface area contributed by atoms with E-state index in [-0.39, 0.29) is 11.6 Å². The first-order chi connectivity index (χ1) is 11.1. The predicted molar refractivity (Wildman–Crippen MR) is 89.1 cm³/mol. The minimum absolute atomic E-state index is 0.138. The van der Waals surface area contributed by atoms with Crippen LogP contribution in [-0.2, 0) is 0 Å². The van der Waals surface area contributed by atoms with E-state index in [9.17, 15) is 9.59 Å². The van der Waals surface area contributed by atoms with Gasteiger partial charge in [0.05, 0.1) is 0 Å². The third-order valence-electron chi connectivity index (χ3n) is 3.65. The van der Waals surface area contributed by atoms with Crippen LogP contribution in [0.3, 0.4) is 0 Å². The van der Waals surface area contributed by atoms with E-state index in [0.717, 1.165) is 0 Å². The van der Waals surface area contributed by atoms with E-state index >= 15 is 0 Å². The number of hydrogen-bond acceptors (Lipinski definition) is 4. The predicted octanol–water partition coefficient (Wildman–Crippen LogP) is 1.78. The van der Waals surface area contributed by atoms with Crippen molar-refractivity contribution in [3.63, 3.8) is 0 Å². The molecule has 0 bridgehead atoms. The molecule has 3 rings (SSSR count). The molecule has 120 valence electrons. The number of halogens is 1. The average Bonchev–Trinajstić information content (AvgIpc) is 2.58. The number of urea groups is 1. The molecule has 2 aromatic rings. The molecule has 0 aliphatic carbocycles. The number of carbonyl (C=O) groups is 1. The second-order valence-corrected chi connectivity index (χ2v) is 5.63. The molecule has 0 saturated carbocycles. The number of piperazine rings is 1. The van der Waals surface area contributed by atoms with Gasteiger partial charge in [-0.1, -0.05) is 11.6 Å². The highest BCUT2D eigenvalue weighted by Crippen LogP contribution is 2.15. The van der Waals surface area contributed by atoms with Crippen LogP contribution in [-0.4, -0.2) is 47.3 Å². The van der Waals surface area contributed by atoms with Crippen molar-refractivity contribution < 1.29 is 4.79 Å². The number of hydrogen-bond donors (Lipinski definition) is 2. The van der Waals surface area contributed by atoms with Gasteiger partial charge < -0.3 is 15.1 Å². The monoisotopic (exact) mass is 333 g/mol. The van der Waals surface area contributed by atoms with Gasteiger partial charge in [-0.15, -0.1) is 0 Å². The Morgan fingerprint density at radius 1 is 1.09 bits per heavy atom. The van der Waals surface area contributed by atoms with E-state index in [1.165, 1.54) is 6.07 Å². The lowest BCUT2D eigenvalue weighted by Gasteiger charge is -2.35. The van der Waals surface area contributed by atoms with Crippen LogP contribution in [0.2, 0.25) is 5.02 Å². The molecule has 7 nitrogen and oxygen atoms in total. The number of amides is 2. The first-order valence-electron chi connectivity index (χ1n) is 7.24. The molecular weight excluding hydrogens is 318 g/mol. The van der Waals surface area contributed by atoms with Gasteiger partial charge in [-0.25, -0.2) is 9.89 Å². The summed E-state index contributed by atoms with van der Waals surface area (Å²) in [7, 11) is 0. The van der Waals surface area contributed by atoms with E-state index < -0.39 is 0 Å². The average molecular weight is 334 g/mol. The van der Waals surface area contributed by atoms with Crippen molar-refractivity contribution in [3.8, 4) is 0 Å². The Hall–Kier alpha value is -2.54. The maximum Gasteiger partial charge on any atom is 0.321 e. The number of benzene rings is 1. The highest BCUT2D eigenvalue weighted by Gasteiger charge is 2.22. The van der Waals surface area contributed by atoms with E-state index in [2.05, 4.69) is 15.5 Å². The Morgan fingerprint density at radius 3 is 2.39 bits per heavy atom. The summed E-state index contributed by atoms with van der Waals surface area (Å²) in [6.45, 7) is 2.49. The van der Waals surface area contributed by atoms with Gasteiger partial charge in [0.2, 0.25) is 0 Å². The number of nitrogens with one attached hydrogen (secondary N) is 2. The van der Waals surface area contributed by atoms with Gasteiger partial charge in [-0.05, 0) is 30.3 Å². The van der Waals surface area contributed by atoms with Crippen molar-refractivity contribution >= 4 is 29.1 Å². The summed E-state index contributed by atoms with van der Waals surface area (Å²) in [5.41, 5.74) is 0.485. The Labute approximate surface area is 137 Å². The third kappa shape index (κ3) is 3.81. The van der Waals surface area contributed by atoms with Crippen LogP contribution in [0.4, 0.5) is 16.3 Å². The van der Waals surface area contributed by atoms with Crippen LogP contribution in [0.15, 0.2) is 41.2 Å². The summed E-state index contributed by atoms with van der Waals surface area (Å²) < 4.78 is 0. The van der Waals surface area contributed by atoms with Crippen LogP contribution in [0.25, 0.3) is 0 Å². The fraction of sp³-hybridized carbons (Fsp3) is 0.267. The zero-order valence-electron chi connectivity index (χ0n) is 12.3. The molecule has 0 radical (unpaired) electrons. The molecule has 0 unspecified atom stereocenters. The molecule has 1 aliphatic heterocycles. The summed E-state index contributed by atoms with van der Waals surface area (Å²) in [6.07, 6.45) is 0. The number of nitrogens with zero attached hydrogens (tertiary/aromatic N) is 3. The number of H-pyrrole nitrogens is 1.